The molecule has 1 aliphatic rings. The molecule has 4 atom stereocenters. The van der Waals surface area contributed by atoms with Crippen LogP contribution in [0.5, 0.6) is 5.75 Å². The molecule has 2 aromatic carbocycles. The molecule has 1 heterocycles. The van der Waals surface area contributed by atoms with Gasteiger partial charge in [0.25, 0.3) is 0 Å². The first-order chi connectivity index (χ1) is 18.0. The molecule has 10 heteroatoms. The minimum atomic E-state index is -1.22. The number of nitrogens with zero attached hydrogens (tertiary/aromatic N) is 1. The Balaban J connectivity index is 1.72. The molecule has 3 unspecified atom stereocenters. The summed E-state index contributed by atoms with van der Waals surface area (Å²) in [5.41, 5.74) is 0.798. The third-order valence-corrected chi connectivity index (χ3v) is 6.92. The van der Waals surface area contributed by atoms with Crippen molar-refractivity contribution in [1.29, 1.82) is 0 Å². The largest absolute Gasteiger partial charge is 0.497 e. The SMILES string of the molecule is COc1ccc2cc([C@H](C)C(=O)NC(C(=O)N3CCCC3C(=O)NC(C=O)CC(=O)O)C(C)C)ccc2c1. The molecule has 38 heavy (non-hydrogen) atoms. The number of carbonyl (C=O) groups is 5. The van der Waals surface area contributed by atoms with E-state index in [-0.39, 0.29) is 17.7 Å². The first kappa shape index (κ1) is 28.6. The van der Waals surface area contributed by atoms with E-state index in [1.165, 1.54) is 4.90 Å². The standard InChI is InChI=1S/C28H35N3O7/c1-16(2)25(28(37)31-11-5-6-23(31)27(36)29-21(15-32)14-24(33)34)30-26(35)17(3)18-7-8-20-13-22(38-4)10-9-19(20)12-18/h7-10,12-13,15-17,21,23,25H,5-6,11,14H2,1-4H3,(H,29,36)(H,30,35)(H,33,34)/t17-,21?,23?,25?/m0/s1. The molecule has 3 rings (SSSR count). The summed E-state index contributed by atoms with van der Waals surface area (Å²) in [4.78, 5) is 63.1. The van der Waals surface area contributed by atoms with Crippen molar-refractivity contribution in [2.45, 2.75) is 64.1 Å². The van der Waals surface area contributed by atoms with Gasteiger partial charge in [0.2, 0.25) is 17.7 Å². The Labute approximate surface area is 221 Å². The van der Waals surface area contributed by atoms with Crippen molar-refractivity contribution in [1.82, 2.24) is 15.5 Å². The summed E-state index contributed by atoms with van der Waals surface area (Å²) < 4.78 is 5.27. The van der Waals surface area contributed by atoms with Gasteiger partial charge < -0.3 is 30.2 Å². The second kappa shape index (κ2) is 12.5. The smallest absolute Gasteiger partial charge is 0.305 e. The number of methoxy groups -OCH3 is 1. The average molecular weight is 526 g/mol. The number of carbonyl (C=O) groups excluding carboxylic acids is 4. The predicted molar refractivity (Wildman–Crippen MR) is 141 cm³/mol. The Morgan fingerprint density at radius 1 is 1.08 bits per heavy atom. The number of likely N-dealkylation sites (tertiary alicyclic amines) is 1. The molecule has 2 aromatic rings. The van der Waals surface area contributed by atoms with Crippen LogP contribution in [0.4, 0.5) is 0 Å². The monoisotopic (exact) mass is 525 g/mol. The molecule has 0 spiro atoms. The highest BCUT2D eigenvalue weighted by Crippen LogP contribution is 2.26. The van der Waals surface area contributed by atoms with E-state index in [4.69, 9.17) is 9.84 Å². The van der Waals surface area contributed by atoms with Gasteiger partial charge in [-0.25, -0.2) is 0 Å². The molecule has 3 amide bonds. The number of hydrogen-bond acceptors (Lipinski definition) is 6. The third-order valence-electron chi connectivity index (χ3n) is 6.92. The molecule has 0 aromatic heterocycles. The molecule has 3 N–H and O–H groups in total. The number of aliphatic carboxylic acids is 1. The fourth-order valence-corrected chi connectivity index (χ4v) is 4.66. The van der Waals surface area contributed by atoms with E-state index in [9.17, 15) is 24.0 Å². The number of rotatable bonds is 11. The quantitative estimate of drug-likeness (QED) is 0.382. The lowest BCUT2D eigenvalue weighted by Gasteiger charge is -2.31. The zero-order chi connectivity index (χ0) is 28.0. The van der Waals surface area contributed by atoms with Crippen LogP contribution in [0.3, 0.4) is 0 Å². The van der Waals surface area contributed by atoms with E-state index in [2.05, 4.69) is 10.6 Å². The summed E-state index contributed by atoms with van der Waals surface area (Å²) >= 11 is 0. The Morgan fingerprint density at radius 2 is 1.76 bits per heavy atom. The number of aldehydes is 1. The molecule has 204 valence electrons. The highest BCUT2D eigenvalue weighted by molar-refractivity contribution is 5.95. The van der Waals surface area contributed by atoms with Gasteiger partial charge >= 0.3 is 5.97 Å². The normalized spacial score (nSPS) is 17.5. The van der Waals surface area contributed by atoms with E-state index in [0.29, 0.717) is 25.7 Å². The Bertz CT molecular complexity index is 1210. The second-order valence-corrected chi connectivity index (χ2v) is 9.96. The highest BCUT2D eigenvalue weighted by atomic mass is 16.5. The van der Waals surface area contributed by atoms with Crippen LogP contribution in [0.1, 0.15) is 51.5 Å². The summed E-state index contributed by atoms with van der Waals surface area (Å²) in [7, 11) is 1.60. The number of hydrogen-bond donors (Lipinski definition) is 3. The van der Waals surface area contributed by atoms with Crippen molar-refractivity contribution in [2.75, 3.05) is 13.7 Å². The topological polar surface area (TPSA) is 142 Å². The summed E-state index contributed by atoms with van der Waals surface area (Å²) in [5, 5.41) is 16.2. The van der Waals surface area contributed by atoms with Gasteiger partial charge in [0.1, 0.15) is 24.1 Å². The minimum absolute atomic E-state index is 0.248. The van der Waals surface area contributed by atoms with Crippen molar-refractivity contribution in [2.24, 2.45) is 5.92 Å². The zero-order valence-corrected chi connectivity index (χ0v) is 22.1. The van der Waals surface area contributed by atoms with Crippen LogP contribution in [-0.4, -0.2) is 71.8 Å². The predicted octanol–water partition coefficient (Wildman–Crippen LogP) is 2.24. The highest BCUT2D eigenvalue weighted by Gasteiger charge is 2.39. The van der Waals surface area contributed by atoms with Crippen LogP contribution in [0.15, 0.2) is 36.4 Å². The van der Waals surface area contributed by atoms with Crippen LogP contribution in [0, 0.1) is 5.92 Å². The van der Waals surface area contributed by atoms with Gasteiger partial charge in [0.15, 0.2) is 0 Å². The first-order valence-electron chi connectivity index (χ1n) is 12.7. The van der Waals surface area contributed by atoms with Gasteiger partial charge in [-0.2, -0.15) is 0 Å². The summed E-state index contributed by atoms with van der Waals surface area (Å²) in [5.74, 6) is -2.53. The maximum Gasteiger partial charge on any atom is 0.305 e. The van der Waals surface area contributed by atoms with E-state index in [0.717, 1.165) is 22.1 Å². The van der Waals surface area contributed by atoms with Gasteiger partial charge in [0, 0.05) is 6.54 Å². The minimum Gasteiger partial charge on any atom is -0.497 e. The molecular weight excluding hydrogens is 490 g/mol. The third kappa shape index (κ3) is 6.67. The van der Waals surface area contributed by atoms with Crippen molar-refractivity contribution in [3.05, 3.63) is 42.0 Å². The number of nitrogens with one attached hydrogen (secondary N) is 2. The van der Waals surface area contributed by atoms with Gasteiger partial charge in [-0.1, -0.05) is 38.1 Å². The number of carboxylic acid groups (broad SMARTS) is 1. The fourth-order valence-electron chi connectivity index (χ4n) is 4.66. The molecule has 0 saturated carbocycles. The van der Waals surface area contributed by atoms with E-state index in [1.807, 2.05) is 50.2 Å². The van der Waals surface area contributed by atoms with Gasteiger partial charge in [-0.05, 0) is 54.2 Å². The maximum atomic E-state index is 13.5. The van der Waals surface area contributed by atoms with Gasteiger partial charge in [-0.15, -0.1) is 0 Å². The number of benzene rings is 2. The van der Waals surface area contributed by atoms with E-state index >= 15 is 0 Å². The molecule has 0 aliphatic carbocycles. The molecule has 1 aliphatic heterocycles. The van der Waals surface area contributed by atoms with Crippen LogP contribution in [0.25, 0.3) is 10.8 Å². The van der Waals surface area contributed by atoms with Crippen LogP contribution >= 0.6 is 0 Å². The number of ether oxygens (including phenoxy) is 1. The summed E-state index contributed by atoms with van der Waals surface area (Å²) in [6.07, 6.45) is 0.786. The average Bonchev–Trinajstić information content (AvgIpc) is 3.39. The maximum absolute atomic E-state index is 13.5. The van der Waals surface area contributed by atoms with Gasteiger partial charge in [0.05, 0.1) is 25.5 Å². The van der Waals surface area contributed by atoms with Crippen molar-refractivity contribution < 1.29 is 33.8 Å². The lowest BCUT2D eigenvalue weighted by molar-refractivity contribution is -0.143. The van der Waals surface area contributed by atoms with Crippen molar-refractivity contribution in [3.63, 3.8) is 0 Å². The molecule has 1 fully saturated rings. The van der Waals surface area contributed by atoms with E-state index in [1.54, 1.807) is 14.0 Å². The lowest BCUT2D eigenvalue weighted by Crippen LogP contribution is -2.56. The Morgan fingerprint density at radius 3 is 2.39 bits per heavy atom. The van der Waals surface area contributed by atoms with Crippen LogP contribution in [-0.2, 0) is 24.0 Å². The molecule has 1 saturated heterocycles. The summed E-state index contributed by atoms with van der Waals surface area (Å²) in [6, 6.07) is 8.55. The molecule has 10 nitrogen and oxygen atoms in total. The van der Waals surface area contributed by atoms with Gasteiger partial charge in [-0.3, -0.25) is 19.2 Å². The Kier molecular flexibility index (Phi) is 9.44. The molecule has 0 bridgehead atoms. The number of fused-ring (bicyclic) bond motifs is 1. The summed E-state index contributed by atoms with van der Waals surface area (Å²) in [6.45, 7) is 5.73. The van der Waals surface area contributed by atoms with Crippen molar-refractivity contribution >= 4 is 40.7 Å². The van der Waals surface area contributed by atoms with Crippen molar-refractivity contribution in [3.8, 4) is 5.75 Å². The number of amides is 3. The Hall–Kier alpha value is -3.95. The van der Waals surface area contributed by atoms with Crippen LogP contribution < -0.4 is 15.4 Å². The second-order valence-electron chi connectivity index (χ2n) is 9.96. The first-order valence-corrected chi connectivity index (χ1v) is 12.7. The number of carboxylic acids is 1. The molecular formula is C28H35N3O7. The molecule has 0 radical (unpaired) electrons. The van der Waals surface area contributed by atoms with Crippen LogP contribution in [0.2, 0.25) is 0 Å². The lowest BCUT2D eigenvalue weighted by atomic mass is 9.95. The fraction of sp³-hybridized carbons (Fsp3) is 0.464. The van der Waals surface area contributed by atoms with E-state index < -0.39 is 42.3 Å². The zero-order valence-electron chi connectivity index (χ0n) is 22.1.